The second kappa shape index (κ2) is 4.43. The number of alkyl halides is 6. The lowest BCUT2D eigenvalue weighted by Gasteiger charge is -2.25. The Bertz CT molecular complexity index is 493. The summed E-state index contributed by atoms with van der Waals surface area (Å²) in [4.78, 5) is -1.10. The lowest BCUT2D eigenvalue weighted by molar-refractivity contribution is -0.333. The van der Waals surface area contributed by atoms with Crippen LogP contribution in [0.25, 0.3) is 0 Å². The van der Waals surface area contributed by atoms with Crippen LogP contribution in [-0.4, -0.2) is 25.3 Å². The molecule has 0 saturated carbocycles. The van der Waals surface area contributed by atoms with Crippen LogP contribution in [0.1, 0.15) is 0 Å². The fraction of sp³-hybridized carbons (Fsp3) is 0.250. The maximum atomic E-state index is 12.2. The highest BCUT2D eigenvalue weighted by Crippen LogP contribution is 2.38. The highest BCUT2D eigenvalue weighted by atomic mass is 32.2. The van der Waals surface area contributed by atoms with E-state index in [2.05, 4.69) is 0 Å². The van der Waals surface area contributed by atoms with Gasteiger partial charge in [0.05, 0.1) is 4.90 Å². The maximum Gasteiger partial charge on any atom is 0.481 e. The highest BCUT2D eigenvalue weighted by molar-refractivity contribution is 7.89. The molecule has 0 unspecified atom stereocenters. The molecule has 0 amide bonds. The Labute approximate surface area is 97.7 Å². The van der Waals surface area contributed by atoms with Crippen molar-refractivity contribution < 1.29 is 34.8 Å². The van der Waals surface area contributed by atoms with Gasteiger partial charge < -0.3 is 0 Å². The molecule has 0 radical (unpaired) electrons. The molecule has 0 aliphatic rings. The summed E-state index contributed by atoms with van der Waals surface area (Å²) in [6.45, 7) is 0. The van der Waals surface area contributed by atoms with Crippen LogP contribution >= 0.6 is 0 Å². The second-order valence-corrected chi connectivity index (χ2v) is 4.80. The van der Waals surface area contributed by atoms with Crippen molar-refractivity contribution in [1.29, 1.82) is 0 Å². The summed E-state index contributed by atoms with van der Waals surface area (Å²) in [6.07, 6.45) is -12.2. The lowest BCUT2D eigenvalue weighted by Crippen LogP contribution is -2.51. The monoisotopic (exact) mass is 293 g/mol. The van der Waals surface area contributed by atoms with E-state index in [1.807, 2.05) is 0 Å². The number of hydrogen-bond donors (Lipinski definition) is 0. The first-order chi connectivity index (χ1) is 7.97. The fourth-order valence-electron chi connectivity index (χ4n) is 1.11. The molecule has 1 aromatic carbocycles. The molecule has 0 bridgehead atoms. The normalized spacial score (nSPS) is 13.9. The quantitative estimate of drug-likeness (QED) is 0.621. The molecule has 0 aliphatic carbocycles. The number of sulfonamides is 1. The molecule has 18 heavy (non-hydrogen) atoms. The third kappa shape index (κ3) is 2.93. The van der Waals surface area contributed by atoms with Gasteiger partial charge in [-0.1, -0.05) is 18.2 Å². The first-order valence-corrected chi connectivity index (χ1v) is 5.65. The van der Waals surface area contributed by atoms with Crippen molar-refractivity contribution in [2.75, 3.05) is 0 Å². The van der Waals surface area contributed by atoms with Crippen molar-refractivity contribution in [3.8, 4) is 0 Å². The number of hydrogen-bond acceptors (Lipinski definition) is 2. The molecular weight excluding hydrogens is 288 g/mol. The molecule has 0 saturated heterocycles. The topological polar surface area (TPSA) is 37.4 Å². The smallest absolute Gasteiger partial charge is 0.206 e. The van der Waals surface area contributed by atoms with Crippen LogP contribution < -0.4 is 0 Å². The zero-order valence-corrected chi connectivity index (χ0v) is 9.14. The fourth-order valence-corrected chi connectivity index (χ4v) is 2.37. The molecule has 0 fully saturated rings. The maximum absolute atomic E-state index is 12.2. The molecule has 0 N–H and O–H groups in total. The van der Waals surface area contributed by atoms with E-state index in [0.29, 0.717) is 12.1 Å². The summed E-state index contributed by atoms with van der Waals surface area (Å²) in [5.41, 5.74) is 0. The van der Waals surface area contributed by atoms with Crippen LogP contribution in [0.2, 0.25) is 0 Å². The first kappa shape index (κ1) is 14.8. The molecule has 10 heteroatoms. The van der Waals surface area contributed by atoms with Crippen molar-refractivity contribution in [1.82, 2.24) is 4.31 Å². The van der Waals surface area contributed by atoms with Gasteiger partial charge in [0.15, 0.2) is 0 Å². The van der Waals surface area contributed by atoms with Gasteiger partial charge in [-0.25, -0.2) is 8.42 Å². The van der Waals surface area contributed by atoms with E-state index in [4.69, 9.17) is 0 Å². The first-order valence-electron chi connectivity index (χ1n) is 4.21. The molecule has 102 valence electrons. The largest absolute Gasteiger partial charge is 0.481 e. The third-order valence-electron chi connectivity index (χ3n) is 1.74. The van der Waals surface area contributed by atoms with E-state index in [-0.39, 0.29) is 0 Å². The molecule has 0 aromatic heterocycles. The van der Waals surface area contributed by atoms with Gasteiger partial charge in [-0.05, 0) is 16.4 Å². The molecule has 0 heterocycles. The zero-order valence-electron chi connectivity index (χ0n) is 8.33. The van der Waals surface area contributed by atoms with Crippen molar-refractivity contribution in [3.05, 3.63) is 30.3 Å². The third-order valence-corrected chi connectivity index (χ3v) is 3.50. The van der Waals surface area contributed by atoms with Crippen LogP contribution in [0.3, 0.4) is 0 Å². The summed E-state index contributed by atoms with van der Waals surface area (Å²) < 4.78 is 93.5. The molecule has 1 rings (SSSR count). The molecule has 0 aliphatic heterocycles. The Kier molecular flexibility index (Phi) is 3.63. The Balaban J connectivity index is 3.41. The summed E-state index contributed by atoms with van der Waals surface area (Å²) in [7, 11) is -5.73. The predicted octanol–water partition coefficient (Wildman–Crippen LogP) is 2.72. The van der Waals surface area contributed by atoms with E-state index in [9.17, 15) is 34.8 Å². The van der Waals surface area contributed by atoms with Crippen molar-refractivity contribution >= 4 is 10.0 Å². The molecular formula is C8H5F6NO2S. The van der Waals surface area contributed by atoms with E-state index in [0.717, 1.165) is 12.1 Å². The molecule has 0 spiro atoms. The average molecular weight is 293 g/mol. The molecule has 0 atom stereocenters. The van der Waals surface area contributed by atoms with Gasteiger partial charge >= 0.3 is 12.6 Å². The van der Waals surface area contributed by atoms with Gasteiger partial charge in [0.1, 0.15) is 0 Å². The van der Waals surface area contributed by atoms with Crippen LogP contribution in [-0.2, 0) is 10.0 Å². The standard InChI is InChI=1S/C8H5F6NO2S/c9-7(10,11)15(8(12,13)14)18(16,17)6-4-2-1-3-5-6/h1-5H. The Hall–Kier alpha value is -1.29. The van der Waals surface area contributed by atoms with Crippen molar-refractivity contribution in [2.45, 2.75) is 17.5 Å². The Morgan fingerprint density at radius 3 is 1.56 bits per heavy atom. The minimum absolute atomic E-state index is 0.639. The van der Waals surface area contributed by atoms with E-state index < -0.39 is 31.8 Å². The second-order valence-electron chi connectivity index (χ2n) is 3.02. The van der Waals surface area contributed by atoms with Gasteiger partial charge in [-0.2, -0.15) is 26.3 Å². The summed E-state index contributed by atoms with van der Waals surface area (Å²) >= 11 is 0. The van der Waals surface area contributed by atoms with Gasteiger partial charge in [0.2, 0.25) is 0 Å². The van der Waals surface area contributed by atoms with Crippen LogP contribution in [0.15, 0.2) is 35.2 Å². The average Bonchev–Trinajstić information content (AvgIpc) is 2.13. The van der Waals surface area contributed by atoms with Crippen molar-refractivity contribution in [3.63, 3.8) is 0 Å². The van der Waals surface area contributed by atoms with E-state index >= 15 is 0 Å². The summed E-state index contributed by atoms with van der Waals surface area (Å²) in [5.74, 6) is 0. The van der Waals surface area contributed by atoms with Crippen molar-refractivity contribution in [2.24, 2.45) is 0 Å². The van der Waals surface area contributed by atoms with Crippen LogP contribution in [0.4, 0.5) is 26.3 Å². The zero-order chi connectivity index (χ0) is 14.2. The summed E-state index contributed by atoms with van der Waals surface area (Å²) in [5, 5.41) is 0. The predicted molar refractivity (Wildman–Crippen MR) is 47.6 cm³/mol. The summed E-state index contributed by atoms with van der Waals surface area (Å²) in [6, 6.07) is 4.56. The number of nitrogens with zero attached hydrogens (tertiary/aromatic N) is 1. The minimum Gasteiger partial charge on any atom is -0.206 e. The van der Waals surface area contributed by atoms with Crippen LogP contribution in [0, 0.1) is 0 Å². The molecule has 3 nitrogen and oxygen atoms in total. The Morgan fingerprint density at radius 1 is 0.833 bits per heavy atom. The SMILES string of the molecule is O=S(=O)(c1ccccc1)N(C(F)(F)F)C(F)(F)F. The number of rotatable bonds is 2. The molecule has 1 aromatic rings. The van der Waals surface area contributed by atoms with Gasteiger partial charge in [-0.3, -0.25) is 0 Å². The van der Waals surface area contributed by atoms with E-state index in [1.54, 1.807) is 0 Å². The van der Waals surface area contributed by atoms with Gasteiger partial charge in [0.25, 0.3) is 10.0 Å². The van der Waals surface area contributed by atoms with Gasteiger partial charge in [-0.15, -0.1) is 0 Å². The number of halogens is 6. The number of benzene rings is 1. The highest BCUT2D eigenvalue weighted by Gasteiger charge is 2.61. The van der Waals surface area contributed by atoms with Gasteiger partial charge in [0, 0.05) is 0 Å². The lowest BCUT2D eigenvalue weighted by atomic mass is 10.4. The van der Waals surface area contributed by atoms with Crippen LogP contribution in [0.5, 0.6) is 0 Å². The minimum atomic E-state index is -6.09. The Morgan fingerprint density at radius 2 is 1.22 bits per heavy atom. The van der Waals surface area contributed by atoms with E-state index in [1.165, 1.54) is 6.07 Å².